The molecule has 13 heavy (non-hydrogen) atoms. The summed E-state index contributed by atoms with van der Waals surface area (Å²) in [5.74, 6) is 0.581. The van der Waals surface area contributed by atoms with Crippen molar-refractivity contribution in [3.05, 3.63) is 35.9 Å². The van der Waals surface area contributed by atoms with E-state index in [2.05, 4.69) is 0 Å². The van der Waals surface area contributed by atoms with Gasteiger partial charge in [-0.1, -0.05) is 25.1 Å². The van der Waals surface area contributed by atoms with Crippen molar-refractivity contribution < 1.29 is 8.98 Å². The molecule has 0 unspecified atom stereocenters. The molecule has 0 heterocycles. The first-order valence-corrected chi connectivity index (χ1v) is 5.14. The Bertz CT molecular complexity index is 259. The van der Waals surface area contributed by atoms with E-state index in [0.717, 1.165) is 12.2 Å². The van der Waals surface area contributed by atoms with Crippen LogP contribution in [0.1, 0.15) is 23.7 Å². The van der Waals surface area contributed by atoms with Gasteiger partial charge in [0.2, 0.25) is 0 Å². The maximum atomic E-state index is 11.3. The lowest BCUT2D eigenvalue weighted by atomic mass is 10.2. The highest BCUT2D eigenvalue weighted by molar-refractivity contribution is 7.95. The van der Waals surface area contributed by atoms with Crippen LogP contribution in [-0.4, -0.2) is 11.7 Å². The minimum absolute atomic E-state index is 0.265. The van der Waals surface area contributed by atoms with Crippen LogP contribution in [0, 0.1) is 0 Å². The first-order chi connectivity index (χ1) is 6.34. The van der Waals surface area contributed by atoms with Gasteiger partial charge in [0, 0.05) is 5.75 Å². The third kappa shape index (κ3) is 3.51. The van der Waals surface area contributed by atoms with Gasteiger partial charge in [-0.2, -0.15) is 0 Å². The molecule has 70 valence electrons. The van der Waals surface area contributed by atoms with Gasteiger partial charge in [-0.25, -0.2) is 4.79 Å². The summed E-state index contributed by atoms with van der Waals surface area (Å²) in [6, 6.07) is 9.00. The summed E-state index contributed by atoms with van der Waals surface area (Å²) in [7, 11) is 0. The Morgan fingerprint density at radius 3 is 2.69 bits per heavy atom. The molecule has 1 aromatic carbocycles. The Morgan fingerprint density at radius 1 is 1.38 bits per heavy atom. The number of carbonyl (C=O) groups is 1. The maximum absolute atomic E-state index is 11.3. The third-order valence-corrected chi connectivity index (χ3v) is 2.28. The first kappa shape index (κ1) is 10.1. The minimum atomic E-state index is -0.265. The molecule has 0 aliphatic rings. The lowest BCUT2D eigenvalue weighted by Crippen LogP contribution is -1.99. The fourth-order valence-corrected chi connectivity index (χ4v) is 1.25. The predicted molar refractivity (Wildman–Crippen MR) is 54.6 cm³/mol. The van der Waals surface area contributed by atoms with Crippen LogP contribution in [-0.2, 0) is 4.18 Å². The monoisotopic (exact) mass is 196 g/mol. The molecule has 0 fully saturated rings. The Balaban J connectivity index is 2.40. The highest BCUT2D eigenvalue weighted by Crippen LogP contribution is 2.09. The van der Waals surface area contributed by atoms with E-state index in [0.29, 0.717) is 5.56 Å². The van der Waals surface area contributed by atoms with Crippen molar-refractivity contribution >= 4 is 18.0 Å². The zero-order chi connectivity index (χ0) is 9.52. The van der Waals surface area contributed by atoms with E-state index >= 15 is 0 Å². The topological polar surface area (TPSA) is 26.3 Å². The summed E-state index contributed by atoms with van der Waals surface area (Å²) < 4.78 is 4.95. The number of hydrogen-bond donors (Lipinski definition) is 0. The average molecular weight is 196 g/mol. The second kappa shape index (κ2) is 5.65. The normalized spacial score (nSPS) is 9.62. The van der Waals surface area contributed by atoms with E-state index in [-0.39, 0.29) is 5.97 Å². The highest BCUT2D eigenvalue weighted by atomic mass is 32.2. The zero-order valence-electron chi connectivity index (χ0n) is 7.53. The van der Waals surface area contributed by atoms with Crippen LogP contribution in [0.2, 0.25) is 0 Å². The quantitative estimate of drug-likeness (QED) is 0.547. The largest absolute Gasteiger partial charge is 0.388 e. The van der Waals surface area contributed by atoms with Crippen molar-refractivity contribution in [3.63, 3.8) is 0 Å². The molecule has 0 bridgehead atoms. The summed E-state index contributed by atoms with van der Waals surface area (Å²) in [6.07, 6.45) is 1.01. The number of carbonyl (C=O) groups excluding carboxylic acids is 1. The van der Waals surface area contributed by atoms with Crippen molar-refractivity contribution in [2.45, 2.75) is 13.3 Å². The van der Waals surface area contributed by atoms with Crippen LogP contribution < -0.4 is 0 Å². The maximum Gasteiger partial charge on any atom is 0.350 e. The molecule has 1 rings (SSSR count). The predicted octanol–water partition coefficient (Wildman–Crippen LogP) is 2.90. The van der Waals surface area contributed by atoms with Crippen molar-refractivity contribution in [1.82, 2.24) is 0 Å². The summed E-state index contributed by atoms with van der Waals surface area (Å²) in [5.41, 5.74) is 0.603. The molecule has 0 atom stereocenters. The van der Waals surface area contributed by atoms with Gasteiger partial charge in [-0.3, -0.25) is 0 Å². The average Bonchev–Trinajstić information content (AvgIpc) is 2.19. The molecular weight excluding hydrogens is 184 g/mol. The van der Waals surface area contributed by atoms with Crippen molar-refractivity contribution in [2.24, 2.45) is 0 Å². The van der Waals surface area contributed by atoms with Gasteiger partial charge in [0.1, 0.15) is 0 Å². The smallest absolute Gasteiger partial charge is 0.350 e. The molecule has 1 aromatic rings. The van der Waals surface area contributed by atoms with Gasteiger partial charge in [0.15, 0.2) is 0 Å². The van der Waals surface area contributed by atoms with E-state index < -0.39 is 0 Å². The Labute approximate surface area is 82.5 Å². The summed E-state index contributed by atoms with van der Waals surface area (Å²) >= 11 is 1.21. The van der Waals surface area contributed by atoms with Gasteiger partial charge >= 0.3 is 5.97 Å². The lowest BCUT2D eigenvalue weighted by molar-refractivity contribution is 0.0768. The Hall–Kier alpha value is -0.960. The van der Waals surface area contributed by atoms with E-state index in [1.54, 1.807) is 12.1 Å². The lowest BCUT2D eigenvalue weighted by Gasteiger charge is -2.00. The number of rotatable bonds is 4. The Morgan fingerprint density at radius 2 is 2.08 bits per heavy atom. The third-order valence-electron chi connectivity index (χ3n) is 1.43. The van der Waals surface area contributed by atoms with E-state index in [1.165, 1.54) is 12.0 Å². The summed E-state index contributed by atoms with van der Waals surface area (Å²) in [6.45, 7) is 2.04. The van der Waals surface area contributed by atoms with Crippen LogP contribution in [0.25, 0.3) is 0 Å². The molecule has 0 spiro atoms. The Kier molecular flexibility index (Phi) is 4.40. The molecule has 0 aliphatic carbocycles. The van der Waals surface area contributed by atoms with Gasteiger partial charge in [-0.15, -0.1) is 0 Å². The molecule has 0 amide bonds. The summed E-state index contributed by atoms with van der Waals surface area (Å²) in [4.78, 5) is 11.3. The molecule has 0 aromatic heterocycles. The molecule has 0 radical (unpaired) electrons. The van der Waals surface area contributed by atoms with E-state index in [4.69, 9.17) is 4.18 Å². The van der Waals surface area contributed by atoms with Crippen molar-refractivity contribution in [1.29, 1.82) is 0 Å². The van der Waals surface area contributed by atoms with Crippen molar-refractivity contribution in [2.75, 3.05) is 5.75 Å². The molecule has 3 heteroatoms. The van der Waals surface area contributed by atoms with Crippen molar-refractivity contribution in [3.8, 4) is 0 Å². The van der Waals surface area contributed by atoms with E-state index in [1.807, 2.05) is 25.1 Å². The molecule has 2 nitrogen and oxygen atoms in total. The molecule has 0 aliphatic heterocycles. The second-order valence-corrected chi connectivity index (χ2v) is 3.37. The van der Waals surface area contributed by atoms with Gasteiger partial charge < -0.3 is 4.18 Å². The standard InChI is InChI=1S/C10H12O2S/c1-2-8-13-12-10(11)9-6-4-3-5-7-9/h3-7H,2,8H2,1H3. The van der Waals surface area contributed by atoms with Gasteiger partial charge in [0.25, 0.3) is 0 Å². The highest BCUT2D eigenvalue weighted by Gasteiger charge is 2.05. The summed E-state index contributed by atoms with van der Waals surface area (Å²) in [5, 5.41) is 0. The number of benzene rings is 1. The fourth-order valence-electron chi connectivity index (χ4n) is 0.801. The zero-order valence-corrected chi connectivity index (χ0v) is 8.34. The van der Waals surface area contributed by atoms with Gasteiger partial charge in [0.05, 0.1) is 17.6 Å². The molecule has 0 saturated carbocycles. The van der Waals surface area contributed by atoms with E-state index in [9.17, 15) is 4.79 Å². The van der Waals surface area contributed by atoms with Crippen LogP contribution in [0.4, 0.5) is 0 Å². The van der Waals surface area contributed by atoms with Gasteiger partial charge in [-0.05, 0) is 18.6 Å². The van der Waals surface area contributed by atoms with Crippen LogP contribution in [0.3, 0.4) is 0 Å². The van der Waals surface area contributed by atoms with Crippen LogP contribution in [0.5, 0.6) is 0 Å². The molecule has 0 saturated heterocycles. The SMILES string of the molecule is CCCSOC(=O)c1ccccc1. The van der Waals surface area contributed by atoms with Crippen LogP contribution in [0.15, 0.2) is 30.3 Å². The first-order valence-electron chi connectivity index (χ1n) is 4.23. The second-order valence-electron chi connectivity index (χ2n) is 2.56. The molecular formula is C10H12O2S. The fraction of sp³-hybridized carbons (Fsp3) is 0.300. The number of hydrogen-bond acceptors (Lipinski definition) is 3. The minimum Gasteiger partial charge on any atom is -0.388 e. The molecule has 0 N–H and O–H groups in total. The van der Waals surface area contributed by atoms with Crippen LogP contribution >= 0.6 is 12.0 Å².